The van der Waals surface area contributed by atoms with Crippen molar-refractivity contribution in [2.75, 3.05) is 29.2 Å². The molecule has 4 aromatic rings. The average Bonchev–Trinajstić information content (AvgIpc) is 3.98. The van der Waals surface area contributed by atoms with Crippen LogP contribution < -0.4 is 15.5 Å². The van der Waals surface area contributed by atoms with Crippen molar-refractivity contribution in [3.8, 4) is 0 Å². The van der Waals surface area contributed by atoms with Crippen LogP contribution in [0.1, 0.15) is 95.5 Å². The number of aryl methyl sites for hydroxylation is 1. The van der Waals surface area contributed by atoms with E-state index in [0.717, 1.165) is 17.2 Å². The van der Waals surface area contributed by atoms with E-state index in [2.05, 4.69) is 15.6 Å². The van der Waals surface area contributed by atoms with E-state index in [9.17, 15) is 27.6 Å². The standard InChI is InChI=1S/C43H50FN5O9S/c1-24-18-27-10-14-32(24)25(2)23-56-39(51)47-29-11-15-34(59(54,55)31-12-13-31)28(20-29)22-48(9)38(50)36(27)46-30-19-26-16-17-45-37(35(26)33(44)21-30)49(40(52)57-42(3,4)5)41(53)58-43(6,7)8/h10-11,14-21,25,31,36,46H,12-13,22-23H2,1-9H3,(H,47,51)/t25-,36?/m0/s1. The number of carbonyl (C=O) groups is 4. The molecule has 0 saturated heterocycles. The lowest BCUT2D eigenvalue weighted by Crippen LogP contribution is -2.44. The van der Waals surface area contributed by atoms with Crippen LogP contribution in [-0.4, -0.2) is 72.6 Å². The fraction of sp³-hybridized carbons (Fsp3) is 0.419. The first-order valence-electron chi connectivity index (χ1n) is 19.3. The predicted molar refractivity (Wildman–Crippen MR) is 221 cm³/mol. The van der Waals surface area contributed by atoms with Gasteiger partial charge in [0.25, 0.3) is 0 Å². The molecule has 1 saturated carbocycles. The molecule has 0 radical (unpaired) electrons. The number of imide groups is 1. The number of fused-ring (bicyclic) bond motifs is 10. The van der Waals surface area contributed by atoms with Crippen LogP contribution >= 0.6 is 0 Å². The van der Waals surface area contributed by atoms with Gasteiger partial charge in [-0.1, -0.05) is 25.1 Å². The van der Waals surface area contributed by atoms with Gasteiger partial charge in [0, 0.05) is 37.1 Å². The van der Waals surface area contributed by atoms with Crippen molar-refractivity contribution in [3.05, 3.63) is 88.9 Å². The van der Waals surface area contributed by atoms with Crippen LogP contribution in [0.3, 0.4) is 0 Å². The summed E-state index contributed by atoms with van der Waals surface area (Å²) in [5.74, 6) is -1.92. The Morgan fingerprint density at radius 2 is 1.63 bits per heavy atom. The Bertz CT molecular complexity index is 2410. The van der Waals surface area contributed by atoms with Crippen molar-refractivity contribution in [1.29, 1.82) is 0 Å². The second kappa shape index (κ2) is 16.1. The maximum Gasteiger partial charge on any atom is 0.425 e. The summed E-state index contributed by atoms with van der Waals surface area (Å²) >= 11 is 0. The van der Waals surface area contributed by atoms with E-state index in [0.29, 0.717) is 34.6 Å². The third-order valence-corrected chi connectivity index (χ3v) is 12.1. The molecule has 0 spiro atoms. The summed E-state index contributed by atoms with van der Waals surface area (Å²) in [6, 6.07) is 13.0. The van der Waals surface area contributed by atoms with E-state index in [-0.39, 0.29) is 46.2 Å². The number of pyridine rings is 1. The van der Waals surface area contributed by atoms with Crippen LogP contribution in [0, 0.1) is 12.7 Å². The fourth-order valence-electron chi connectivity index (χ4n) is 6.86. The highest BCUT2D eigenvalue weighted by molar-refractivity contribution is 7.92. The summed E-state index contributed by atoms with van der Waals surface area (Å²) in [7, 11) is -2.19. The normalized spacial score (nSPS) is 17.9. The lowest BCUT2D eigenvalue weighted by molar-refractivity contribution is -0.131. The lowest BCUT2D eigenvalue weighted by atomic mass is 9.93. The first-order valence-corrected chi connectivity index (χ1v) is 20.8. The molecular weight excluding hydrogens is 782 g/mol. The molecule has 1 aliphatic carbocycles. The van der Waals surface area contributed by atoms with E-state index in [1.165, 1.54) is 42.4 Å². The Hall–Kier alpha value is -5.77. The zero-order chi connectivity index (χ0) is 43.2. The highest BCUT2D eigenvalue weighted by Crippen LogP contribution is 2.38. The molecule has 1 aromatic heterocycles. The number of sulfone groups is 1. The molecule has 3 aliphatic rings. The number of hydrogen-bond acceptors (Lipinski definition) is 11. The predicted octanol–water partition coefficient (Wildman–Crippen LogP) is 8.77. The molecule has 7 rings (SSSR count). The third-order valence-electron chi connectivity index (χ3n) is 9.70. The number of nitrogens with zero attached hydrogens (tertiary/aromatic N) is 3. The minimum atomic E-state index is -3.72. The molecule has 1 unspecified atom stereocenters. The number of nitrogens with one attached hydrogen (secondary N) is 2. The summed E-state index contributed by atoms with van der Waals surface area (Å²) in [4.78, 5) is 60.7. The quantitative estimate of drug-likeness (QED) is 0.184. The van der Waals surface area contributed by atoms with Crippen molar-refractivity contribution in [2.45, 2.75) is 108 Å². The van der Waals surface area contributed by atoms with Crippen LogP contribution in [0.5, 0.6) is 0 Å². The number of rotatable bonds is 5. The number of hydrogen-bond donors (Lipinski definition) is 2. The van der Waals surface area contributed by atoms with Crippen molar-refractivity contribution in [1.82, 2.24) is 9.88 Å². The third kappa shape index (κ3) is 9.75. The number of carbonyl (C=O) groups excluding carboxylic acids is 4. The van der Waals surface area contributed by atoms with E-state index >= 15 is 4.39 Å². The molecular formula is C43H50FN5O9S. The Morgan fingerprint density at radius 3 is 2.24 bits per heavy atom. The summed E-state index contributed by atoms with van der Waals surface area (Å²) in [5.41, 5.74) is 0.950. The minimum Gasteiger partial charge on any atom is -0.449 e. The molecule has 4 bridgehead atoms. The number of aromatic nitrogens is 1. The number of ether oxygens (including phenoxy) is 3. The number of benzene rings is 3. The van der Waals surface area contributed by atoms with Crippen LogP contribution in [0.2, 0.25) is 0 Å². The maximum absolute atomic E-state index is 16.5. The van der Waals surface area contributed by atoms with Crippen LogP contribution in [-0.2, 0) is 35.4 Å². The lowest BCUT2D eigenvalue weighted by Gasteiger charge is -2.29. The van der Waals surface area contributed by atoms with Gasteiger partial charge in [0.2, 0.25) is 5.91 Å². The smallest absolute Gasteiger partial charge is 0.425 e. The summed E-state index contributed by atoms with van der Waals surface area (Å²) in [6.07, 6.45) is -0.569. The number of halogens is 1. The van der Waals surface area contributed by atoms with Crippen LogP contribution in [0.4, 0.5) is 36.0 Å². The zero-order valence-corrected chi connectivity index (χ0v) is 35.5. The van der Waals surface area contributed by atoms with Crippen LogP contribution in [0.25, 0.3) is 10.8 Å². The zero-order valence-electron chi connectivity index (χ0n) is 34.6. The van der Waals surface area contributed by atoms with E-state index < -0.39 is 62.3 Å². The number of amides is 4. The van der Waals surface area contributed by atoms with Gasteiger partial charge in [-0.05, 0) is 125 Å². The van der Waals surface area contributed by atoms with Gasteiger partial charge >= 0.3 is 18.3 Å². The number of anilines is 3. The molecule has 4 amide bonds. The topological polar surface area (TPSA) is 174 Å². The van der Waals surface area contributed by atoms with Gasteiger partial charge in [-0.2, -0.15) is 4.90 Å². The molecule has 3 heterocycles. The van der Waals surface area contributed by atoms with Crippen LogP contribution in [0.15, 0.2) is 65.7 Å². The summed E-state index contributed by atoms with van der Waals surface area (Å²) in [6.45, 7) is 13.4. The second-order valence-electron chi connectivity index (χ2n) is 17.1. The van der Waals surface area contributed by atoms with Gasteiger partial charge in [0.15, 0.2) is 15.7 Å². The molecule has 1 fully saturated rings. The SMILES string of the molecule is Cc1cc2ccc1[C@@H](C)COC(=O)Nc1ccc(S(=O)(=O)C3CC3)c(c1)CN(C)C(=O)C2Nc1cc(F)c2c(N(C(=O)OC(C)(C)C)C(=O)OC(C)(C)C)nccc2c1. The maximum atomic E-state index is 16.5. The molecule has 2 N–H and O–H groups in total. The first-order chi connectivity index (χ1) is 27.5. The Morgan fingerprint density at radius 1 is 0.966 bits per heavy atom. The van der Waals surface area contributed by atoms with E-state index in [1.54, 1.807) is 53.7 Å². The molecule has 2 aliphatic heterocycles. The summed E-state index contributed by atoms with van der Waals surface area (Å²) in [5, 5.41) is 5.41. The molecule has 314 valence electrons. The van der Waals surface area contributed by atoms with Gasteiger partial charge in [-0.15, -0.1) is 0 Å². The average molecular weight is 832 g/mol. The van der Waals surface area contributed by atoms with Crippen molar-refractivity contribution in [3.63, 3.8) is 0 Å². The van der Waals surface area contributed by atoms with Gasteiger partial charge in [-0.3, -0.25) is 10.1 Å². The highest BCUT2D eigenvalue weighted by Gasteiger charge is 2.39. The molecule has 16 heteroatoms. The second-order valence-corrected chi connectivity index (χ2v) is 19.3. The molecule has 3 aromatic carbocycles. The molecule has 14 nitrogen and oxygen atoms in total. The first kappa shape index (κ1) is 42.8. The molecule has 2 atom stereocenters. The van der Waals surface area contributed by atoms with Crippen molar-refractivity contribution >= 4 is 62.0 Å². The van der Waals surface area contributed by atoms with Gasteiger partial charge in [0.1, 0.15) is 23.1 Å². The monoisotopic (exact) mass is 831 g/mol. The fourth-order valence-corrected chi connectivity index (χ4v) is 8.73. The Kier molecular flexibility index (Phi) is 11.7. The Balaban J connectivity index is 1.43. The van der Waals surface area contributed by atoms with E-state index in [4.69, 9.17) is 14.2 Å². The molecule has 59 heavy (non-hydrogen) atoms. The van der Waals surface area contributed by atoms with Gasteiger partial charge in [-0.25, -0.2) is 32.2 Å². The highest BCUT2D eigenvalue weighted by atomic mass is 32.2. The van der Waals surface area contributed by atoms with Gasteiger partial charge in [0.05, 0.1) is 22.1 Å². The largest absolute Gasteiger partial charge is 0.449 e. The minimum absolute atomic E-state index is 0.0445. The number of likely N-dealkylation sites (N-methyl/N-ethyl adjacent to an activating group) is 1. The van der Waals surface area contributed by atoms with Crippen molar-refractivity contribution in [2.24, 2.45) is 0 Å². The Labute approximate surface area is 343 Å². The van der Waals surface area contributed by atoms with Crippen molar-refractivity contribution < 1.29 is 46.2 Å². The summed E-state index contributed by atoms with van der Waals surface area (Å²) < 4.78 is 60.2. The van der Waals surface area contributed by atoms with E-state index in [1.807, 2.05) is 26.0 Å². The van der Waals surface area contributed by atoms with Gasteiger partial charge < -0.3 is 24.4 Å².